The van der Waals surface area contributed by atoms with Gasteiger partial charge in [0.1, 0.15) is 10.2 Å². The summed E-state index contributed by atoms with van der Waals surface area (Å²) < 4.78 is 5.41. The van der Waals surface area contributed by atoms with Gasteiger partial charge in [-0.3, -0.25) is 0 Å². The van der Waals surface area contributed by atoms with Crippen LogP contribution in [0.2, 0.25) is 0 Å². The second kappa shape index (κ2) is 3.82. The molecule has 6 heteroatoms. The standard InChI is InChI=1S/C9H5BrN2O3/c10-8-5(2-1-3-11-8)7-6(9(13)14)4-12-15-7/h1-4H,(H,13,14). The van der Waals surface area contributed by atoms with Gasteiger partial charge in [-0.05, 0) is 28.1 Å². The molecule has 0 radical (unpaired) electrons. The Kier molecular flexibility index (Phi) is 2.51. The zero-order valence-electron chi connectivity index (χ0n) is 7.35. The summed E-state index contributed by atoms with van der Waals surface area (Å²) in [6.07, 6.45) is 2.75. The van der Waals surface area contributed by atoms with E-state index in [2.05, 4.69) is 26.1 Å². The third kappa shape index (κ3) is 1.75. The van der Waals surface area contributed by atoms with Gasteiger partial charge in [0.2, 0.25) is 0 Å². The molecule has 0 amide bonds. The third-order valence-corrected chi connectivity index (χ3v) is 2.44. The molecule has 2 heterocycles. The van der Waals surface area contributed by atoms with Gasteiger partial charge in [-0.25, -0.2) is 9.78 Å². The average molecular weight is 269 g/mol. The molecular weight excluding hydrogens is 264 g/mol. The van der Waals surface area contributed by atoms with E-state index in [1.807, 2.05) is 0 Å². The number of carbonyl (C=O) groups is 1. The molecule has 0 atom stereocenters. The summed E-state index contributed by atoms with van der Waals surface area (Å²) in [5, 5.41) is 12.3. The van der Waals surface area contributed by atoms with Crippen molar-refractivity contribution in [1.82, 2.24) is 10.1 Å². The van der Waals surface area contributed by atoms with E-state index in [4.69, 9.17) is 9.63 Å². The molecule has 2 rings (SSSR count). The van der Waals surface area contributed by atoms with Crippen LogP contribution in [-0.4, -0.2) is 21.2 Å². The number of nitrogens with zero attached hydrogens (tertiary/aromatic N) is 2. The van der Waals surface area contributed by atoms with Crippen LogP contribution >= 0.6 is 15.9 Å². The monoisotopic (exact) mass is 268 g/mol. The highest BCUT2D eigenvalue weighted by atomic mass is 79.9. The van der Waals surface area contributed by atoms with E-state index in [1.54, 1.807) is 18.3 Å². The Labute approximate surface area is 92.9 Å². The fourth-order valence-electron chi connectivity index (χ4n) is 1.14. The van der Waals surface area contributed by atoms with Gasteiger partial charge in [-0.1, -0.05) is 5.16 Å². The Bertz CT molecular complexity index is 510. The second-order valence-corrected chi connectivity index (χ2v) is 3.47. The van der Waals surface area contributed by atoms with Crippen molar-refractivity contribution in [3.63, 3.8) is 0 Å². The fraction of sp³-hybridized carbons (Fsp3) is 0. The first kappa shape index (κ1) is 9.85. The lowest BCUT2D eigenvalue weighted by Crippen LogP contribution is -1.96. The van der Waals surface area contributed by atoms with E-state index < -0.39 is 5.97 Å². The van der Waals surface area contributed by atoms with Gasteiger partial charge in [0.15, 0.2) is 5.76 Å². The lowest BCUT2D eigenvalue weighted by Gasteiger charge is -1.99. The Morgan fingerprint density at radius 3 is 3.00 bits per heavy atom. The zero-order chi connectivity index (χ0) is 10.8. The fourth-order valence-corrected chi connectivity index (χ4v) is 1.57. The first-order valence-electron chi connectivity index (χ1n) is 3.99. The molecule has 76 valence electrons. The highest BCUT2D eigenvalue weighted by Gasteiger charge is 2.18. The van der Waals surface area contributed by atoms with E-state index in [9.17, 15) is 4.79 Å². The number of carboxylic acid groups (broad SMARTS) is 1. The SMILES string of the molecule is O=C(O)c1cnoc1-c1cccnc1Br. The van der Waals surface area contributed by atoms with Crippen molar-refractivity contribution in [2.45, 2.75) is 0 Å². The number of aromatic nitrogens is 2. The molecule has 0 aromatic carbocycles. The largest absolute Gasteiger partial charge is 0.477 e. The molecule has 1 N–H and O–H groups in total. The van der Waals surface area contributed by atoms with Gasteiger partial charge in [0.25, 0.3) is 0 Å². The van der Waals surface area contributed by atoms with Crippen LogP contribution in [-0.2, 0) is 0 Å². The van der Waals surface area contributed by atoms with Crippen LogP contribution in [0, 0.1) is 0 Å². The first-order chi connectivity index (χ1) is 7.20. The maximum Gasteiger partial charge on any atom is 0.341 e. The molecule has 5 nitrogen and oxygen atoms in total. The predicted molar refractivity (Wildman–Crippen MR) is 54.4 cm³/mol. The number of carboxylic acids is 1. The molecule has 0 saturated carbocycles. The Balaban J connectivity index is 2.59. The molecule has 0 saturated heterocycles. The van der Waals surface area contributed by atoms with Crippen LogP contribution in [0.4, 0.5) is 0 Å². The van der Waals surface area contributed by atoms with E-state index in [0.29, 0.717) is 10.2 Å². The maximum atomic E-state index is 10.8. The summed E-state index contributed by atoms with van der Waals surface area (Å²) in [5.41, 5.74) is 0.580. The van der Waals surface area contributed by atoms with Crippen molar-refractivity contribution in [3.05, 3.63) is 34.7 Å². The van der Waals surface area contributed by atoms with Crippen LogP contribution in [0.1, 0.15) is 10.4 Å². The van der Waals surface area contributed by atoms with Crippen LogP contribution < -0.4 is 0 Å². The van der Waals surface area contributed by atoms with Crippen LogP contribution in [0.3, 0.4) is 0 Å². The van der Waals surface area contributed by atoms with Crippen molar-refractivity contribution >= 4 is 21.9 Å². The summed E-state index contributed by atoms with van der Waals surface area (Å²) in [7, 11) is 0. The normalized spacial score (nSPS) is 10.2. The Morgan fingerprint density at radius 2 is 2.33 bits per heavy atom. The molecule has 2 aromatic heterocycles. The minimum Gasteiger partial charge on any atom is -0.477 e. The van der Waals surface area contributed by atoms with Crippen molar-refractivity contribution < 1.29 is 14.4 Å². The van der Waals surface area contributed by atoms with Gasteiger partial charge in [0, 0.05) is 6.20 Å². The maximum absolute atomic E-state index is 10.8. The van der Waals surface area contributed by atoms with E-state index in [-0.39, 0.29) is 11.3 Å². The molecule has 0 unspecified atom stereocenters. The van der Waals surface area contributed by atoms with Crippen LogP contribution in [0.5, 0.6) is 0 Å². The van der Waals surface area contributed by atoms with Crippen LogP contribution in [0.15, 0.2) is 33.7 Å². The number of hydrogen-bond acceptors (Lipinski definition) is 4. The quantitative estimate of drug-likeness (QED) is 0.845. The number of halogens is 1. The summed E-state index contributed by atoms with van der Waals surface area (Å²) in [6.45, 7) is 0. The molecule has 0 bridgehead atoms. The number of rotatable bonds is 2. The van der Waals surface area contributed by atoms with Gasteiger partial charge < -0.3 is 9.63 Å². The number of aromatic carboxylic acids is 1. The zero-order valence-corrected chi connectivity index (χ0v) is 8.93. The molecule has 0 aliphatic rings. The van der Waals surface area contributed by atoms with Gasteiger partial charge in [0.05, 0.1) is 11.8 Å². The van der Waals surface area contributed by atoms with Crippen LogP contribution in [0.25, 0.3) is 11.3 Å². The van der Waals surface area contributed by atoms with Crippen molar-refractivity contribution in [1.29, 1.82) is 0 Å². The molecule has 0 spiro atoms. The van der Waals surface area contributed by atoms with Gasteiger partial charge in [-0.2, -0.15) is 0 Å². The lowest BCUT2D eigenvalue weighted by molar-refractivity contribution is 0.0697. The third-order valence-electron chi connectivity index (χ3n) is 1.80. The number of hydrogen-bond donors (Lipinski definition) is 1. The second-order valence-electron chi connectivity index (χ2n) is 2.72. The smallest absolute Gasteiger partial charge is 0.341 e. The predicted octanol–water partition coefficient (Wildman–Crippen LogP) is 2.20. The molecule has 0 fully saturated rings. The molecule has 0 aliphatic carbocycles. The Morgan fingerprint density at radius 1 is 1.53 bits per heavy atom. The topological polar surface area (TPSA) is 76.2 Å². The summed E-state index contributed by atoms with van der Waals surface area (Å²) in [5.74, 6) is -0.885. The first-order valence-corrected chi connectivity index (χ1v) is 4.78. The van der Waals surface area contributed by atoms with E-state index >= 15 is 0 Å². The van der Waals surface area contributed by atoms with Gasteiger partial charge in [-0.15, -0.1) is 0 Å². The highest BCUT2D eigenvalue weighted by molar-refractivity contribution is 9.10. The van der Waals surface area contributed by atoms with E-state index in [0.717, 1.165) is 6.20 Å². The average Bonchev–Trinajstić information content (AvgIpc) is 2.67. The molecule has 0 aliphatic heterocycles. The van der Waals surface area contributed by atoms with Gasteiger partial charge >= 0.3 is 5.97 Å². The molecular formula is C9H5BrN2O3. The minimum atomic E-state index is -1.08. The summed E-state index contributed by atoms with van der Waals surface area (Å²) in [6, 6.07) is 3.39. The highest BCUT2D eigenvalue weighted by Crippen LogP contribution is 2.28. The molecule has 2 aromatic rings. The van der Waals surface area contributed by atoms with Crippen molar-refractivity contribution in [3.8, 4) is 11.3 Å². The van der Waals surface area contributed by atoms with Crippen molar-refractivity contribution in [2.24, 2.45) is 0 Å². The van der Waals surface area contributed by atoms with Crippen molar-refractivity contribution in [2.75, 3.05) is 0 Å². The molecule has 15 heavy (non-hydrogen) atoms. The summed E-state index contributed by atoms with van der Waals surface area (Å²) >= 11 is 3.21. The number of pyridine rings is 1. The lowest BCUT2D eigenvalue weighted by atomic mass is 10.1. The summed E-state index contributed by atoms with van der Waals surface area (Å²) in [4.78, 5) is 14.8. The van der Waals surface area contributed by atoms with E-state index in [1.165, 1.54) is 0 Å². The Hall–Kier alpha value is -1.69. The minimum absolute atomic E-state index is 0.0173.